The third kappa shape index (κ3) is 4.28. The second kappa shape index (κ2) is 8.06. The molecule has 1 aliphatic rings. The minimum atomic E-state index is 0.849. The second-order valence-electron chi connectivity index (χ2n) is 6.65. The molecule has 6 nitrogen and oxygen atoms in total. The average molecular weight is 401 g/mol. The summed E-state index contributed by atoms with van der Waals surface area (Å²) in [5.41, 5.74) is 17.5. The summed E-state index contributed by atoms with van der Waals surface area (Å²) in [5.74, 6) is 0. The van der Waals surface area contributed by atoms with Crippen LogP contribution in [0.15, 0.2) is 35.8 Å². The van der Waals surface area contributed by atoms with Crippen LogP contribution in [0.25, 0.3) is 0 Å². The van der Waals surface area contributed by atoms with Gasteiger partial charge in [-0.2, -0.15) is 0 Å². The van der Waals surface area contributed by atoms with Gasteiger partial charge in [-0.05, 0) is 62.1 Å². The predicted molar refractivity (Wildman–Crippen MR) is 118 cm³/mol. The number of nitrogens with one attached hydrogen (secondary N) is 4. The Morgan fingerprint density at radius 2 is 1.63 bits per heavy atom. The van der Waals surface area contributed by atoms with Crippen LogP contribution < -0.4 is 26.6 Å². The van der Waals surface area contributed by atoms with E-state index in [0.29, 0.717) is 0 Å². The molecule has 4 rings (SSSR count). The number of aromatic nitrogens is 1. The van der Waals surface area contributed by atoms with Crippen molar-refractivity contribution in [3.63, 3.8) is 0 Å². The zero-order valence-corrected chi connectivity index (χ0v) is 17.1. The molecule has 0 saturated carbocycles. The highest BCUT2D eigenvalue weighted by molar-refractivity contribution is 7.20. The lowest BCUT2D eigenvalue weighted by Gasteiger charge is -2.16. The number of benzene rings is 1. The van der Waals surface area contributed by atoms with Gasteiger partial charge in [-0.3, -0.25) is 21.7 Å². The molecule has 0 radical (unpaired) electrons. The zero-order valence-electron chi connectivity index (χ0n) is 15.5. The minimum Gasteiger partial charge on any atom is -0.363 e. The predicted octanol–water partition coefficient (Wildman–Crippen LogP) is 5.30. The van der Waals surface area contributed by atoms with Crippen LogP contribution in [-0.4, -0.2) is 18.1 Å². The molecule has 8 heteroatoms. The van der Waals surface area contributed by atoms with Gasteiger partial charge in [-0.15, -0.1) is 11.3 Å². The summed E-state index contributed by atoms with van der Waals surface area (Å²) in [6, 6.07) is 8.62. The Morgan fingerprint density at radius 3 is 2.30 bits per heavy atom. The molecule has 0 unspecified atom stereocenters. The summed E-state index contributed by atoms with van der Waals surface area (Å²) in [6.07, 6.45) is 4.38. The number of aryl methyl sites for hydroxylation is 2. The van der Waals surface area contributed by atoms with Crippen molar-refractivity contribution in [2.45, 2.75) is 26.7 Å². The van der Waals surface area contributed by atoms with Crippen molar-refractivity contribution < 1.29 is 0 Å². The first-order valence-corrected chi connectivity index (χ1v) is 10.8. The van der Waals surface area contributed by atoms with E-state index in [4.69, 9.17) is 0 Å². The van der Waals surface area contributed by atoms with Gasteiger partial charge in [0.2, 0.25) is 5.13 Å². The number of hydrogen-bond donors (Lipinski definition) is 4. The molecular weight excluding hydrogens is 376 g/mol. The average Bonchev–Trinajstić information content (AvgIpc) is 3.42. The Hall–Kier alpha value is -2.45. The highest BCUT2D eigenvalue weighted by Gasteiger charge is 2.14. The van der Waals surface area contributed by atoms with Gasteiger partial charge in [0.05, 0.1) is 16.4 Å². The van der Waals surface area contributed by atoms with E-state index in [2.05, 4.69) is 69.7 Å². The van der Waals surface area contributed by atoms with Gasteiger partial charge < -0.3 is 4.90 Å². The van der Waals surface area contributed by atoms with Crippen LogP contribution in [0, 0.1) is 13.8 Å². The summed E-state index contributed by atoms with van der Waals surface area (Å²) < 4.78 is 0. The van der Waals surface area contributed by atoms with E-state index >= 15 is 0 Å². The molecule has 27 heavy (non-hydrogen) atoms. The molecule has 0 amide bonds. The maximum atomic E-state index is 4.21. The Labute approximate surface area is 167 Å². The molecule has 0 aliphatic carbocycles. The normalized spacial score (nSPS) is 13.6. The highest BCUT2D eigenvalue weighted by atomic mass is 32.1. The number of thiophene rings is 1. The van der Waals surface area contributed by atoms with Gasteiger partial charge in [0.25, 0.3) is 0 Å². The highest BCUT2D eigenvalue weighted by Crippen LogP contribution is 2.32. The molecule has 4 N–H and O–H groups in total. The van der Waals surface area contributed by atoms with Crippen molar-refractivity contribution >= 4 is 49.2 Å². The monoisotopic (exact) mass is 400 g/mol. The number of hydrogen-bond acceptors (Lipinski definition) is 8. The zero-order chi connectivity index (χ0) is 18.6. The molecule has 3 heterocycles. The van der Waals surface area contributed by atoms with Crippen molar-refractivity contribution in [1.29, 1.82) is 0 Å². The summed E-state index contributed by atoms with van der Waals surface area (Å²) >= 11 is 3.36. The largest absolute Gasteiger partial charge is 0.363 e. The number of thiazole rings is 1. The molecule has 1 aliphatic heterocycles. The van der Waals surface area contributed by atoms with Gasteiger partial charge in [0, 0.05) is 24.7 Å². The molecular formula is C19H24N6S2. The molecule has 0 bridgehead atoms. The van der Waals surface area contributed by atoms with E-state index in [1.165, 1.54) is 30.9 Å². The smallest absolute Gasteiger partial charge is 0.201 e. The standard InChI is InChI=1S/C19H24N6S2/c1-13-12-16(22-24-19-20-7-10-26-19)14(2)11-15(13)21-23-17-5-6-18(27-17)25-8-3-4-9-25/h5-7,10-12,21-23H,3-4,8-9H2,1-2H3,(H,20,24). The summed E-state index contributed by atoms with van der Waals surface area (Å²) in [5, 5.41) is 5.27. The van der Waals surface area contributed by atoms with Crippen LogP contribution >= 0.6 is 22.7 Å². The molecule has 142 valence electrons. The summed E-state index contributed by atoms with van der Waals surface area (Å²) in [7, 11) is 0. The minimum absolute atomic E-state index is 0.849. The van der Waals surface area contributed by atoms with E-state index in [9.17, 15) is 0 Å². The number of hydrazine groups is 2. The lowest BCUT2D eigenvalue weighted by atomic mass is 10.1. The molecule has 3 aromatic rings. The third-order valence-corrected chi connectivity index (χ3v) is 6.39. The lowest BCUT2D eigenvalue weighted by Crippen LogP contribution is -2.15. The molecule has 1 aromatic carbocycles. The maximum Gasteiger partial charge on any atom is 0.201 e. The Balaban J connectivity index is 1.38. The van der Waals surface area contributed by atoms with E-state index in [1.54, 1.807) is 28.9 Å². The van der Waals surface area contributed by atoms with E-state index in [1.807, 2.05) is 5.38 Å². The Bertz CT molecular complexity index is 884. The first kappa shape index (κ1) is 17.9. The van der Waals surface area contributed by atoms with Crippen molar-refractivity contribution in [3.8, 4) is 0 Å². The van der Waals surface area contributed by atoms with Crippen LogP contribution in [0.2, 0.25) is 0 Å². The van der Waals surface area contributed by atoms with Crippen molar-refractivity contribution in [2.24, 2.45) is 0 Å². The Morgan fingerprint density at radius 1 is 0.926 bits per heavy atom. The first-order valence-electron chi connectivity index (χ1n) is 9.08. The van der Waals surface area contributed by atoms with Gasteiger partial charge in [0.1, 0.15) is 5.00 Å². The van der Waals surface area contributed by atoms with Crippen molar-refractivity contribution in [2.75, 3.05) is 39.7 Å². The first-order chi connectivity index (χ1) is 13.2. The molecule has 1 fully saturated rings. The van der Waals surface area contributed by atoms with Gasteiger partial charge in [-0.25, -0.2) is 4.98 Å². The van der Waals surface area contributed by atoms with E-state index in [-0.39, 0.29) is 0 Å². The fourth-order valence-corrected chi connectivity index (χ4v) is 4.52. The van der Waals surface area contributed by atoms with Gasteiger partial charge >= 0.3 is 0 Å². The second-order valence-corrected chi connectivity index (χ2v) is 8.61. The van der Waals surface area contributed by atoms with Crippen molar-refractivity contribution in [3.05, 3.63) is 47.0 Å². The quantitative estimate of drug-likeness (QED) is 0.404. The van der Waals surface area contributed by atoms with Crippen LogP contribution in [0.5, 0.6) is 0 Å². The lowest BCUT2D eigenvalue weighted by molar-refractivity contribution is 0.949. The molecule has 2 aromatic heterocycles. The number of rotatable bonds is 7. The van der Waals surface area contributed by atoms with Gasteiger partial charge in [-0.1, -0.05) is 11.3 Å². The van der Waals surface area contributed by atoms with E-state index in [0.717, 1.165) is 32.6 Å². The van der Waals surface area contributed by atoms with Gasteiger partial charge in [0.15, 0.2) is 0 Å². The van der Waals surface area contributed by atoms with Crippen LogP contribution in [0.1, 0.15) is 24.0 Å². The summed E-state index contributed by atoms with van der Waals surface area (Å²) in [4.78, 5) is 6.67. The maximum absolute atomic E-state index is 4.21. The fraction of sp³-hybridized carbons (Fsp3) is 0.316. The van der Waals surface area contributed by atoms with Crippen LogP contribution in [-0.2, 0) is 0 Å². The third-order valence-electron chi connectivity index (χ3n) is 4.64. The van der Waals surface area contributed by atoms with Crippen LogP contribution in [0.3, 0.4) is 0 Å². The SMILES string of the molecule is Cc1cc(NNc2nccs2)c(C)cc1NNc1ccc(N2CCCC2)s1. The topological polar surface area (TPSA) is 64.2 Å². The number of nitrogens with zero attached hydrogens (tertiary/aromatic N) is 2. The fourth-order valence-electron chi connectivity index (χ4n) is 3.12. The van der Waals surface area contributed by atoms with E-state index < -0.39 is 0 Å². The summed E-state index contributed by atoms with van der Waals surface area (Å²) in [6.45, 7) is 6.54. The van der Waals surface area contributed by atoms with Crippen molar-refractivity contribution in [1.82, 2.24) is 4.98 Å². The van der Waals surface area contributed by atoms with Crippen LogP contribution in [0.4, 0.5) is 26.5 Å². The molecule has 1 saturated heterocycles. The molecule has 0 spiro atoms. The molecule has 0 atom stereocenters. The number of anilines is 5. The Kier molecular flexibility index (Phi) is 5.35.